The lowest BCUT2D eigenvalue weighted by Crippen LogP contribution is -2.10. The molecular formula is C18H19F3N4O2. The van der Waals surface area contributed by atoms with Crippen molar-refractivity contribution < 1.29 is 18.1 Å². The van der Waals surface area contributed by atoms with Gasteiger partial charge in [0.2, 0.25) is 0 Å². The molecule has 0 bridgehead atoms. The number of nitro benzene ring substituents is 1. The molecule has 1 aliphatic rings. The van der Waals surface area contributed by atoms with Crippen LogP contribution in [-0.2, 0) is 6.18 Å². The largest absolute Gasteiger partial charge is 0.416 e. The van der Waals surface area contributed by atoms with Gasteiger partial charge in [-0.2, -0.15) is 18.3 Å². The Morgan fingerprint density at radius 2 is 1.96 bits per heavy atom. The van der Waals surface area contributed by atoms with Crippen molar-refractivity contribution >= 4 is 17.6 Å². The van der Waals surface area contributed by atoms with E-state index in [9.17, 15) is 23.3 Å². The van der Waals surface area contributed by atoms with E-state index in [2.05, 4.69) is 15.1 Å². The molecule has 144 valence electrons. The smallest absolute Gasteiger partial charge is 0.351 e. The molecule has 1 aromatic heterocycles. The lowest BCUT2D eigenvalue weighted by atomic mass is 9.95. The highest BCUT2D eigenvalue weighted by molar-refractivity contribution is 5.80. The molecule has 0 amide bonds. The Morgan fingerprint density at radius 3 is 2.63 bits per heavy atom. The highest BCUT2D eigenvalue weighted by Gasteiger charge is 2.33. The van der Waals surface area contributed by atoms with Crippen LogP contribution in [0.3, 0.4) is 0 Å². The fourth-order valence-electron chi connectivity index (χ4n) is 3.24. The summed E-state index contributed by atoms with van der Waals surface area (Å²) in [5.74, 6) is 0. The Kier molecular flexibility index (Phi) is 5.48. The van der Waals surface area contributed by atoms with Gasteiger partial charge in [-0.1, -0.05) is 19.3 Å². The summed E-state index contributed by atoms with van der Waals surface area (Å²) in [6.07, 6.45) is 6.73. The van der Waals surface area contributed by atoms with Crippen molar-refractivity contribution in [1.29, 1.82) is 0 Å². The van der Waals surface area contributed by atoms with E-state index in [4.69, 9.17) is 0 Å². The average molecular weight is 380 g/mol. The summed E-state index contributed by atoms with van der Waals surface area (Å²) in [5.41, 5.74) is 1.41. The molecule has 0 aliphatic heterocycles. The average Bonchev–Trinajstić information content (AvgIpc) is 3.10. The maximum Gasteiger partial charge on any atom is 0.416 e. The molecule has 6 nitrogen and oxygen atoms in total. The molecule has 27 heavy (non-hydrogen) atoms. The number of nitro groups is 1. The van der Waals surface area contributed by atoms with Crippen molar-refractivity contribution in [2.24, 2.45) is 5.10 Å². The molecule has 0 radical (unpaired) electrons. The van der Waals surface area contributed by atoms with E-state index in [1.807, 2.05) is 18.5 Å². The Morgan fingerprint density at radius 1 is 1.22 bits per heavy atom. The SMILES string of the molecule is O=[N+]([O-])c1cc(C(F)(F)F)ccc1N/N=C/c1ccn(C2CCCCC2)c1. The fraction of sp³-hybridized carbons (Fsp3) is 0.389. The normalized spacial score (nSPS) is 16.0. The summed E-state index contributed by atoms with van der Waals surface area (Å²) in [6.45, 7) is 0. The zero-order chi connectivity index (χ0) is 19.4. The van der Waals surface area contributed by atoms with Gasteiger partial charge in [0, 0.05) is 30.1 Å². The number of aromatic nitrogens is 1. The van der Waals surface area contributed by atoms with Crippen LogP contribution in [0.25, 0.3) is 0 Å². The second kappa shape index (κ2) is 7.81. The molecule has 1 N–H and O–H groups in total. The van der Waals surface area contributed by atoms with Crippen molar-refractivity contribution in [3.05, 3.63) is 57.9 Å². The molecule has 1 aliphatic carbocycles. The fourth-order valence-corrected chi connectivity index (χ4v) is 3.24. The number of hydrogen-bond acceptors (Lipinski definition) is 4. The van der Waals surface area contributed by atoms with E-state index in [-0.39, 0.29) is 5.69 Å². The molecule has 9 heteroatoms. The number of hydrogen-bond donors (Lipinski definition) is 1. The van der Waals surface area contributed by atoms with Crippen LogP contribution in [-0.4, -0.2) is 15.7 Å². The van der Waals surface area contributed by atoms with E-state index in [1.54, 1.807) is 0 Å². The van der Waals surface area contributed by atoms with Gasteiger partial charge >= 0.3 is 6.18 Å². The Balaban J connectivity index is 1.71. The lowest BCUT2D eigenvalue weighted by Gasteiger charge is -2.23. The molecular weight excluding hydrogens is 361 g/mol. The summed E-state index contributed by atoms with van der Waals surface area (Å²) >= 11 is 0. The predicted octanol–water partition coefficient (Wildman–Crippen LogP) is 5.37. The number of nitrogens with one attached hydrogen (secondary N) is 1. The molecule has 2 aromatic rings. The third kappa shape index (κ3) is 4.66. The summed E-state index contributed by atoms with van der Waals surface area (Å²) in [6, 6.07) is 4.64. The number of hydrazone groups is 1. The van der Waals surface area contributed by atoms with Crippen molar-refractivity contribution in [2.75, 3.05) is 5.43 Å². The first-order valence-electron chi connectivity index (χ1n) is 8.67. The van der Waals surface area contributed by atoms with Crippen LogP contribution in [0.15, 0.2) is 41.8 Å². The maximum atomic E-state index is 12.7. The van der Waals surface area contributed by atoms with Crippen LogP contribution in [0.5, 0.6) is 0 Å². The summed E-state index contributed by atoms with van der Waals surface area (Å²) in [7, 11) is 0. The van der Waals surface area contributed by atoms with Crippen molar-refractivity contribution in [3.63, 3.8) is 0 Å². The first kappa shape index (κ1) is 18.9. The predicted molar refractivity (Wildman–Crippen MR) is 95.9 cm³/mol. The number of rotatable bonds is 5. The second-order valence-electron chi connectivity index (χ2n) is 6.54. The highest BCUT2D eigenvalue weighted by atomic mass is 19.4. The summed E-state index contributed by atoms with van der Waals surface area (Å²) in [5, 5.41) is 15.0. The summed E-state index contributed by atoms with van der Waals surface area (Å²) in [4.78, 5) is 10.2. The van der Waals surface area contributed by atoms with E-state index in [0.29, 0.717) is 12.1 Å². The first-order valence-corrected chi connectivity index (χ1v) is 8.67. The van der Waals surface area contributed by atoms with Crippen LogP contribution < -0.4 is 5.43 Å². The van der Waals surface area contributed by atoms with Crippen molar-refractivity contribution in [3.8, 4) is 0 Å². The lowest BCUT2D eigenvalue weighted by molar-refractivity contribution is -0.384. The molecule has 0 unspecified atom stereocenters. The molecule has 0 saturated heterocycles. The van der Waals surface area contributed by atoms with E-state index in [0.717, 1.165) is 30.5 Å². The minimum atomic E-state index is -4.64. The van der Waals surface area contributed by atoms with Crippen LogP contribution in [0.4, 0.5) is 24.5 Å². The molecule has 1 aromatic carbocycles. The Bertz CT molecular complexity index is 839. The quantitative estimate of drug-likeness (QED) is 0.431. The van der Waals surface area contributed by atoms with Gasteiger partial charge in [0.25, 0.3) is 5.69 Å². The van der Waals surface area contributed by atoms with E-state index < -0.39 is 22.4 Å². The van der Waals surface area contributed by atoms with Crippen LogP contribution >= 0.6 is 0 Å². The van der Waals surface area contributed by atoms with Gasteiger partial charge in [0.05, 0.1) is 16.7 Å². The Hall–Kier alpha value is -2.84. The van der Waals surface area contributed by atoms with Gasteiger partial charge in [0.1, 0.15) is 5.69 Å². The number of alkyl halides is 3. The second-order valence-corrected chi connectivity index (χ2v) is 6.54. The summed E-state index contributed by atoms with van der Waals surface area (Å²) < 4.78 is 40.3. The molecule has 1 saturated carbocycles. The van der Waals surface area contributed by atoms with Gasteiger partial charge in [-0.3, -0.25) is 15.5 Å². The first-order chi connectivity index (χ1) is 12.8. The minimum Gasteiger partial charge on any atom is -0.351 e. The topological polar surface area (TPSA) is 72.5 Å². The number of halogens is 3. The van der Waals surface area contributed by atoms with Gasteiger partial charge in [-0.15, -0.1) is 0 Å². The number of benzene rings is 1. The Labute approximate surface area is 153 Å². The highest BCUT2D eigenvalue weighted by Crippen LogP contribution is 2.35. The molecule has 3 rings (SSSR count). The zero-order valence-electron chi connectivity index (χ0n) is 14.4. The van der Waals surface area contributed by atoms with Crippen LogP contribution in [0, 0.1) is 10.1 Å². The van der Waals surface area contributed by atoms with Crippen LogP contribution in [0.1, 0.15) is 49.3 Å². The number of nitrogens with zero attached hydrogens (tertiary/aromatic N) is 3. The molecule has 0 spiro atoms. The van der Waals surface area contributed by atoms with Crippen LogP contribution in [0.2, 0.25) is 0 Å². The van der Waals surface area contributed by atoms with Crippen molar-refractivity contribution in [2.45, 2.75) is 44.3 Å². The molecule has 1 fully saturated rings. The minimum absolute atomic E-state index is 0.101. The van der Waals surface area contributed by atoms with Gasteiger partial charge in [-0.25, -0.2) is 0 Å². The van der Waals surface area contributed by atoms with E-state index in [1.165, 1.54) is 25.5 Å². The van der Waals surface area contributed by atoms with Gasteiger partial charge in [0.15, 0.2) is 0 Å². The maximum absolute atomic E-state index is 12.7. The standard InChI is InChI=1S/C18H19F3N4O2/c19-18(20,21)14-6-7-16(17(10-14)25(26)27)23-22-11-13-8-9-24(12-13)15-4-2-1-3-5-15/h6-12,15,23H,1-5H2/b22-11+. The molecule has 1 heterocycles. The van der Waals surface area contributed by atoms with Gasteiger partial charge in [-0.05, 0) is 31.0 Å². The zero-order valence-corrected chi connectivity index (χ0v) is 14.4. The number of anilines is 1. The third-order valence-corrected chi connectivity index (χ3v) is 4.65. The monoisotopic (exact) mass is 380 g/mol. The molecule has 0 atom stereocenters. The van der Waals surface area contributed by atoms with Crippen molar-refractivity contribution in [1.82, 2.24) is 4.57 Å². The van der Waals surface area contributed by atoms with E-state index >= 15 is 0 Å². The van der Waals surface area contributed by atoms with Gasteiger partial charge < -0.3 is 4.57 Å². The third-order valence-electron chi connectivity index (χ3n) is 4.65.